The molecule has 0 spiro atoms. The Hall–Kier alpha value is -3.18. The zero-order valence-electron chi connectivity index (χ0n) is 17.6. The number of nitrogens with one attached hydrogen (secondary N) is 1. The number of amides is 2. The third-order valence-electron chi connectivity index (χ3n) is 6.49. The monoisotopic (exact) mass is 413 g/mol. The van der Waals surface area contributed by atoms with Crippen molar-refractivity contribution in [3.63, 3.8) is 0 Å². The lowest BCUT2D eigenvalue weighted by Crippen LogP contribution is -2.56. The van der Waals surface area contributed by atoms with Crippen LogP contribution in [-0.4, -0.2) is 47.3 Å². The number of rotatable bonds is 4. The third kappa shape index (κ3) is 4.19. The maximum atomic E-state index is 13.1. The molecule has 5 rings (SSSR count). The minimum Gasteiger partial charge on any atom is -0.353 e. The Morgan fingerprint density at radius 1 is 0.935 bits per heavy atom. The van der Waals surface area contributed by atoms with Gasteiger partial charge in [-0.3, -0.25) is 14.5 Å². The molecule has 31 heavy (non-hydrogen) atoms. The van der Waals surface area contributed by atoms with Crippen molar-refractivity contribution in [3.8, 4) is 0 Å². The Bertz CT molecular complexity index is 1130. The van der Waals surface area contributed by atoms with Gasteiger partial charge < -0.3 is 10.2 Å². The van der Waals surface area contributed by atoms with Crippen LogP contribution in [0.25, 0.3) is 10.8 Å². The van der Waals surface area contributed by atoms with E-state index >= 15 is 0 Å². The first kappa shape index (κ1) is 19.8. The van der Waals surface area contributed by atoms with Gasteiger partial charge in [0.1, 0.15) is 0 Å². The van der Waals surface area contributed by atoms with Gasteiger partial charge in [0.15, 0.2) is 0 Å². The van der Waals surface area contributed by atoms with Crippen molar-refractivity contribution >= 4 is 22.6 Å². The Morgan fingerprint density at radius 2 is 1.71 bits per heavy atom. The summed E-state index contributed by atoms with van der Waals surface area (Å²) in [6.45, 7) is 3.38. The quantitative estimate of drug-likeness (QED) is 0.715. The number of hydrogen-bond donors (Lipinski definition) is 1. The number of piperazine rings is 1. The highest BCUT2D eigenvalue weighted by Crippen LogP contribution is 2.22. The number of carbonyl (C=O) groups is 2. The summed E-state index contributed by atoms with van der Waals surface area (Å²) in [5.74, 6) is 0.0119. The molecule has 0 saturated carbocycles. The van der Waals surface area contributed by atoms with Gasteiger partial charge in [0.05, 0.1) is 12.5 Å². The molecule has 2 aliphatic rings. The van der Waals surface area contributed by atoms with Crippen molar-refractivity contribution < 1.29 is 9.59 Å². The van der Waals surface area contributed by atoms with Crippen molar-refractivity contribution in [1.29, 1.82) is 0 Å². The molecule has 3 aromatic rings. The van der Waals surface area contributed by atoms with Crippen LogP contribution in [0.5, 0.6) is 0 Å². The molecule has 2 amide bonds. The van der Waals surface area contributed by atoms with Gasteiger partial charge in [0.2, 0.25) is 11.8 Å². The summed E-state index contributed by atoms with van der Waals surface area (Å²) in [6.07, 6.45) is 1.10. The smallest absolute Gasteiger partial charge is 0.237 e. The molecule has 3 aromatic carbocycles. The normalized spacial score (nSPS) is 19.2. The topological polar surface area (TPSA) is 52.7 Å². The van der Waals surface area contributed by atoms with Crippen LogP contribution in [0.2, 0.25) is 0 Å². The Labute approximate surface area is 182 Å². The lowest BCUT2D eigenvalue weighted by Gasteiger charge is -2.36. The highest BCUT2D eigenvalue weighted by atomic mass is 16.2. The second-order valence-electron chi connectivity index (χ2n) is 8.50. The molecular formula is C26H27N3O2. The third-order valence-corrected chi connectivity index (χ3v) is 6.49. The Kier molecular flexibility index (Phi) is 5.43. The van der Waals surface area contributed by atoms with Crippen molar-refractivity contribution in [3.05, 3.63) is 83.4 Å². The highest BCUT2D eigenvalue weighted by molar-refractivity contribution is 5.89. The summed E-state index contributed by atoms with van der Waals surface area (Å²) >= 11 is 0. The average molecular weight is 414 g/mol. The molecule has 0 unspecified atom stereocenters. The first-order valence-electron chi connectivity index (χ1n) is 11.0. The summed E-state index contributed by atoms with van der Waals surface area (Å²) in [7, 11) is 0. The lowest BCUT2D eigenvalue weighted by molar-refractivity contribution is -0.139. The van der Waals surface area contributed by atoms with Gasteiger partial charge in [-0.2, -0.15) is 0 Å². The van der Waals surface area contributed by atoms with Crippen LogP contribution in [0.4, 0.5) is 0 Å². The molecule has 1 atom stereocenters. The van der Waals surface area contributed by atoms with E-state index in [-0.39, 0.29) is 18.2 Å². The number of nitrogens with zero attached hydrogens (tertiary/aromatic N) is 2. The predicted octanol–water partition coefficient (Wildman–Crippen LogP) is 3.12. The molecule has 0 aromatic heterocycles. The van der Waals surface area contributed by atoms with Crippen LogP contribution < -0.4 is 5.32 Å². The van der Waals surface area contributed by atoms with E-state index in [0.717, 1.165) is 25.1 Å². The SMILES string of the molecule is O=C1NCCN(Cc2ccc3ccccc3c2)[C@H]1CC(=O)N1CCc2ccccc2C1. The van der Waals surface area contributed by atoms with E-state index in [0.29, 0.717) is 19.6 Å². The van der Waals surface area contributed by atoms with Crippen LogP contribution in [0.3, 0.4) is 0 Å². The maximum Gasteiger partial charge on any atom is 0.237 e. The minimum atomic E-state index is -0.426. The lowest BCUT2D eigenvalue weighted by atomic mass is 9.99. The average Bonchev–Trinajstić information content (AvgIpc) is 2.81. The van der Waals surface area contributed by atoms with E-state index in [4.69, 9.17) is 0 Å². The van der Waals surface area contributed by atoms with Crippen LogP contribution >= 0.6 is 0 Å². The minimum absolute atomic E-state index is 0.0437. The van der Waals surface area contributed by atoms with Crippen molar-refractivity contribution in [2.24, 2.45) is 0 Å². The van der Waals surface area contributed by atoms with Gasteiger partial charge in [0, 0.05) is 32.7 Å². The Balaban J connectivity index is 1.30. The van der Waals surface area contributed by atoms with E-state index in [1.807, 2.05) is 29.2 Å². The maximum absolute atomic E-state index is 13.1. The van der Waals surface area contributed by atoms with Gasteiger partial charge in [-0.15, -0.1) is 0 Å². The molecule has 1 N–H and O–H groups in total. The van der Waals surface area contributed by atoms with Crippen LogP contribution in [0.15, 0.2) is 66.7 Å². The largest absolute Gasteiger partial charge is 0.353 e. The fourth-order valence-electron chi connectivity index (χ4n) is 4.75. The van der Waals surface area contributed by atoms with E-state index in [1.54, 1.807) is 0 Å². The van der Waals surface area contributed by atoms with Gasteiger partial charge in [-0.25, -0.2) is 0 Å². The molecule has 1 saturated heterocycles. The molecule has 0 bridgehead atoms. The van der Waals surface area contributed by atoms with Gasteiger partial charge >= 0.3 is 0 Å². The summed E-state index contributed by atoms with van der Waals surface area (Å²) < 4.78 is 0. The molecule has 158 valence electrons. The van der Waals surface area contributed by atoms with E-state index < -0.39 is 6.04 Å². The van der Waals surface area contributed by atoms with Crippen molar-refractivity contribution in [2.45, 2.75) is 32.0 Å². The van der Waals surface area contributed by atoms with Crippen LogP contribution in [-0.2, 0) is 29.1 Å². The van der Waals surface area contributed by atoms with E-state index in [9.17, 15) is 9.59 Å². The number of benzene rings is 3. The zero-order valence-corrected chi connectivity index (χ0v) is 17.6. The van der Waals surface area contributed by atoms with Gasteiger partial charge in [0.25, 0.3) is 0 Å². The number of fused-ring (bicyclic) bond motifs is 2. The molecule has 0 aliphatic carbocycles. The van der Waals surface area contributed by atoms with Gasteiger partial charge in [-0.1, -0.05) is 60.7 Å². The first-order valence-corrected chi connectivity index (χ1v) is 11.0. The number of carbonyl (C=O) groups excluding carboxylic acids is 2. The molecule has 0 radical (unpaired) electrons. The second-order valence-corrected chi connectivity index (χ2v) is 8.50. The molecule has 5 nitrogen and oxygen atoms in total. The summed E-state index contributed by atoms with van der Waals surface area (Å²) in [4.78, 5) is 29.9. The van der Waals surface area contributed by atoms with E-state index in [2.05, 4.69) is 52.7 Å². The zero-order chi connectivity index (χ0) is 21.2. The fourth-order valence-corrected chi connectivity index (χ4v) is 4.75. The summed E-state index contributed by atoms with van der Waals surface area (Å²) in [5.41, 5.74) is 3.70. The van der Waals surface area contributed by atoms with Crippen molar-refractivity contribution in [2.75, 3.05) is 19.6 Å². The molecule has 1 fully saturated rings. The Morgan fingerprint density at radius 3 is 2.58 bits per heavy atom. The summed E-state index contributed by atoms with van der Waals surface area (Å²) in [5, 5.41) is 5.35. The van der Waals surface area contributed by atoms with Gasteiger partial charge in [-0.05, 0) is 39.9 Å². The van der Waals surface area contributed by atoms with E-state index in [1.165, 1.54) is 21.9 Å². The summed E-state index contributed by atoms with van der Waals surface area (Å²) in [6, 6.07) is 22.6. The molecule has 2 heterocycles. The highest BCUT2D eigenvalue weighted by Gasteiger charge is 2.33. The molecule has 5 heteroatoms. The van der Waals surface area contributed by atoms with Crippen LogP contribution in [0.1, 0.15) is 23.1 Å². The molecular weight excluding hydrogens is 386 g/mol. The predicted molar refractivity (Wildman–Crippen MR) is 121 cm³/mol. The second kappa shape index (κ2) is 8.52. The van der Waals surface area contributed by atoms with Crippen molar-refractivity contribution in [1.82, 2.24) is 15.1 Å². The first-order chi connectivity index (χ1) is 15.2. The standard InChI is InChI=1S/C26H27N3O2/c30-25(29-13-11-21-6-2-4-8-23(21)18-29)16-24-26(31)27-12-14-28(24)17-19-9-10-20-5-1-3-7-22(20)15-19/h1-10,15,24H,11-14,16-18H2,(H,27,31)/t24-/m0/s1. The molecule has 2 aliphatic heterocycles. The van der Waals surface area contributed by atoms with Crippen LogP contribution in [0, 0.1) is 0 Å². The fraction of sp³-hybridized carbons (Fsp3) is 0.308. The number of hydrogen-bond acceptors (Lipinski definition) is 3.